The van der Waals surface area contributed by atoms with E-state index in [1.807, 2.05) is 0 Å². The normalized spacial score (nSPS) is 53.4. The molecular weight excluding hydrogens is 199 g/mol. The molecule has 0 N–H and O–H groups in total. The second-order valence-corrected chi connectivity index (χ2v) is 6.81. The molecule has 0 aromatic carbocycles. The highest BCUT2D eigenvalue weighted by Crippen LogP contribution is 2.67. The highest BCUT2D eigenvalue weighted by Gasteiger charge is 2.71. The van der Waals surface area contributed by atoms with Gasteiger partial charge in [0, 0.05) is 0 Å². The van der Waals surface area contributed by atoms with Gasteiger partial charge < -0.3 is 9.31 Å². The molecular formula is C13H23BO2. The minimum atomic E-state index is -0.0125. The Bertz CT molecular complexity index is 313. The molecule has 0 amide bonds. The van der Waals surface area contributed by atoms with Gasteiger partial charge in [-0.2, -0.15) is 0 Å². The Hall–Kier alpha value is -0.0151. The van der Waals surface area contributed by atoms with E-state index in [1.165, 1.54) is 6.42 Å². The average molecular weight is 222 g/mol. The lowest BCUT2D eigenvalue weighted by Crippen LogP contribution is -2.44. The van der Waals surface area contributed by atoms with Crippen molar-refractivity contribution in [3.63, 3.8) is 0 Å². The first kappa shape index (κ1) is 11.1. The number of hydrogen-bond acceptors (Lipinski definition) is 2. The van der Waals surface area contributed by atoms with E-state index in [1.54, 1.807) is 0 Å². The fourth-order valence-electron chi connectivity index (χ4n) is 5.03. The van der Waals surface area contributed by atoms with Gasteiger partial charge in [-0.05, 0) is 42.8 Å². The van der Waals surface area contributed by atoms with Crippen molar-refractivity contribution in [2.45, 2.75) is 59.1 Å². The summed E-state index contributed by atoms with van der Waals surface area (Å²) in [5.74, 6) is 2.14. The van der Waals surface area contributed by atoms with Gasteiger partial charge in [-0.25, -0.2) is 0 Å². The molecule has 2 nitrogen and oxygen atoms in total. The van der Waals surface area contributed by atoms with Crippen molar-refractivity contribution in [1.29, 1.82) is 0 Å². The van der Waals surface area contributed by atoms with E-state index in [0.717, 1.165) is 12.2 Å². The molecule has 0 radical (unpaired) electrons. The third kappa shape index (κ3) is 1.07. The quantitative estimate of drug-likeness (QED) is 0.635. The number of fused-ring (bicyclic) bond motifs is 5. The van der Waals surface area contributed by atoms with Crippen LogP contribution in [0.4, 0.5) is 0 Å². The van der Waals surface area contributed by atoms with Crippen LogP contribution in [0.25, 0.3) is 0 Å². The third-order valence-corrected chi connectivity index (χ3v) is 5.58. The van der Waals surface area contributed by atoms with Gasteiger partial charge in [0.05, 0.1) is 11.7 Å². The summed E-state index contributed by atoms with van der Waals surface area (Å²) in [6.07, 6.45) is 2.62. The van der Waals surface area contributed by atoms with E-state index in [9.17, 15) is 0 Å². The summed E-state index contributed by atoms with van der Waals surface area (Å²) < 4.78 is 12.4. The summed E-state index contributed by atoms with van der Waals surface area (Å²) in [5.41, 5.74) is 0.374. The summed E-state index contributed by atoms with van der Waals surface area (Å²) in [5, 5.41) is 0. The first-order valence-corrected chi connectivity index (χ1v) is 6.74. The fourth-order valence-corrected chi connectivity index (χ4v) is 5.03. The fraction of sp³-hybridized carbons (Fsp3) is 1.00. The Morgan fingerprint density at radius 3 is 2.62 bits per heavy atom. The molecule has 0 spiro atoms. The minimum Gasteiger partial charge on any atom is -0.405 e. The SMILES string of the molecule is CCB1OC2C3[C@H](C)CC(C3(C)C)C2(C)O1. The van der Waals surface area contributed by atoms with Crippen LogP contribution in [0.15, 0.2) is 0 Å². The van der Waals surface area contributed by atoms with Gasteiger partial charge in [0.15, 0.2) is 0 Å². The van der Waals surface area contributed by atoms with Crippen molar-refractivity contribution in [2.75, 3.05) is 0 Å². The second-order valence-electron chi connectivity index (χ2n) is 6.81. The summed E-state index contributed by atoms with van der Waals surface area (Å²) in [7, 11) is 0.0430. The highest BCUT2D eigenvalue weighted by atomic mass is 16.7. The van der Waals surface area contributed by atoms with Gasteiger partial charge in [-0.15, -0.1) is 0 Å². The van der Waals surface area contributed by atoms with Crippen molar-refractivity contribution in [1.82, 2.24) is 0 Å². The Morgan fingerprint density at radius 2 is 2.00 bits per heavy atom. The molecule has 3 aliphatic rings. The predicted octanol–water partition coefficient (Wildman–Crippen LogP) is 2.98. The van der Waals surface area contributed by atoms with E-state index in [4.69, 9.17) is 9.31 Å². The largest absolute Gasteiger partial charge is 0.457 e. The molecule has 1 heterocycles. The van der Waals surface area contributed by atoms with E-state index in [-0.39, 0.29) is 12.7 Å². The van der Waals surface area contributed by atoms with Crippen LogP contribution in [0.5, 0.6) is 0 Å². The molecule has 3 heteroatoms. The van der Waals surface area contributed by atoms with E-state index in [2.05, 4.69) is 34.6 Å². The van der Waals surface area contributed by atoms with Crippen LogP contribution in [0.2, 0.25) is 6.32 Å². The zero-order chi connectivity index (χ0) is 11.7. The lowest BCUT2D eigenvalue weighted by molar-refractivity contribution is -0.00989. The van der Waals surface area contributed by atoms with Crippen molar-refractivity contribution >= 4 is 7.12 Å². The molecule has 3 rings (SSSR count). The lowest BCUT2D eigenvalue weighted by atomic mass is 9.77. The van der Waals surface area contributed by atoms with Crippen molar-refractivity contribution in [2.24, 2.45) is 23.2 Å². The van der Waals surface area contributed by atoms with Crippen LogP contribution in [-0.2, 0) is 9.31 Å². The zero-order valence-electron chi connectivity index (χ0n) is 11.1. The molecule has 90 valence electrons. The summed E-state index contributed by atoms with van der Waals surface area (Å²) in [6, 6.07) is 0. The second kappa shape index (κ2) is 3.05. The summed E-state index contributed by atoms with van der Waals surface area (Å²) >= 11 is 0. The summed E-state index contributed by atoms with van der Waals surface area (Å²) in [4.78, 5) is 0. The summed E-state index contributed by atoms with van der Waals surface area (Å²) in [6.45, 7) is 11.6. The maximum absolute atomic E-state index is 6.22. The smallest absolute Gasteiger partial charge is 0.405 e. The standard InChI is InChI=1S/C13H23BO2/c1-6-14-15-11-10-8(2)7-9(12(10,3)4)13(11,5)16-14/h8-11H,6-7H2,1-5H3/t8-,9?,10?,11?,13?/m1/s1. The molecule has 2 bridgehead atoms. The van der Waals surface area contributed by atoms with Gasteiger partial charge in [0.2, 0.25) is 0 Å². The van der Waals surface area contributed by atoms with Gasteiger partial charge in [0.1, 0.15) is 0 Å². The van der Waals surface area contributed by atoms with Crippen molar-refractivity contribution < 1.29 is 9.31 Å². The predicted molar refractivity (Wildman–Crippen MR) is 65.1 cm³/mol. The maximum Gasteiger partial charge on any atom is 0.457 e. The molecule has 5 atom stereocenters. The molecule has 4 unspecified atom stereocenters. The topological polar surface area (TPSA) is 18.5 Å². The van der Waals surface area contributed by atoms with Gasteiger partial charge in [0.25, 0.3) is 0 Å². The molecule has 2 aliphatic carbocycles. The van der Waals surface area contributed by atoms with Gasteiger partial charge in [-0.3, -0.25) is 0 Å². The van der Waals surface area contributed by atoms with Crippen LogP contribution in [0.3, 0.4) is 0 Å². The van der Waals surface area contributed by atoms with E-state index < -0.39 is 0 Å². The Kier molecular flexibility index (Phi) is 2.12. The molecule has 1 aliphatic heterocycles. The first-order chi connectivity index (χ1) is 7.41. The Balaban J connectivity index is 1.98. The van der Waals surface area contributed by atoms with Crippen molar-refractivity contribution in [3.8, 4) is 0 Å². The highest BCUT2D eigenvalue weighted by molar-refractivity contribution is 6.45. The molecule has 2 saturated carbocycles. The zero-order valence-corrected chi connectivity index (χ0v) is 11.1. The van der Waals surface area contributed by atoms with Crippen LogP contribution in [0, 0.1) is 23.2 Å². The van der Waals surface area contributed by atoms with Crippen LogP contribution in [-0.4, -0.2) is 18.8 Å². The minimum absolute atomic E-state index is 0.0125. The van der Waals surface area contributed by atoms with Crippen LogP contribution in [0.1, 0.15) is 41.0 Å². The van der Waals surface area contributed by atoms with Gasteiger partial charge in [-0.1, -0.05) is 27.7 Å². The Morgan fingerprint density at radius 1 is 1.31 bits per heavy atom. The van der Waals surface area contributed by atoms with Crippen molar-refractivity contribution in [3.05, 3.63) is 0 Å². The molecule has 1 saturated heterocycles. The molecule has 16 heavy (non-hydrogen) atoms. The first-order valence-electron chi connectivity index (χ1n) is 6.74. The third-order valence-electron chi connectivity index (χ3n) is 5.58. The maximum atomic E-state index is 6.22. The van der Waals surface area contributed by atoms with Gasteiger partial charge >= 0.3 is 7.12 Å². The average Bonchev–Trinajstić information content (AvgIpc) is 2.69. The molecule has 0 aromatic rings. The van der Waals surface area contributed by atoms with E-state index in [0.29, 0.717) is 23.4 Å². The number of hydrogen-bond donors (Lipinski definition) is 0. The van der Waals surface area contributed by atoms with E-state index >= 15 is 0 Å². The monoisotopic (exact) mass is 222 g/mol. The lowest BCUT2D eigenvalue weighted by Gasteiger charge is -2.37. The van der Waals surface area contributed by atoms with Crippen LogP contribution < -0.4 is 0 Å². The molecule has 3 fully saturated rings. The molecule has 0 aromatic heterocycles. The Labute approximate surface area is 99.2 Å². The van der Waals surface area contributed by atoms with Crippen LogP contribution >= 0.6 is 0 Å². The number of rotatable bonds is 1.